The average Bonchev–Trinajstić information content (AvgIpc) is 2.75. The number of hydrogen-bond acceptors (Lipinski definition) is 5. The van der Waals surface area contributed by atoms with Crippen molar-refractivity contribution in [1.82, 2.24) is 9.80 Å². The molecule has 0 aliphatic carbocycles. The Morgan fingerprint density at radius 1 is 1.29 bits per heavy atom. The number of amides is 1. The van der Waals surface area contributed by atoms with Crippen LogP contribution in [-0.4, -0.2) is 61.0 Å². The predicted octanol–water partition coefficient (Wildman–Crippen LogP) is 1.75. The monoisotopic (exact) mass is 358 g/mol. The first-order valence-corrected chi connectivity index (χ1v) is 7.82. The minimum Gasteiger partial charge on any atom is -0.465 e. The molecule has 1 aliphatic rings. The van der Waals surface area contributed by atoms with Gasteiger partial charge in [-0.15, -0.1) is 0 Å². The molecular weight excluding hydrogens is 340 g/mol. The molecular formula is C14H19BrN2O4. The lowest BCUT2D eigenvalue weighted by molar-refractivity contribution is -0.144. The van der Waals surface area contributed by atoms with Crippen molar-refractivity contribution in [1.29, 1.82) is 0 Å². The number of furan rings is 1. The first-order chi connectivity index (χ1) is 10.1. The molecule has 0 saturated carbocycles. The Morgan fingerprint density at radius 2 is 2.10 bits per heavy atom. The van der Waals surface area contributed by atoms with E-state index in [2.05, 4.69) is 15.9 Å². The summed E-state index contributed by atoms with van der Waals surface area (Å²) >= 11 is 3.19. The second-order valence-electron chi connectivity index (χ2n) is 4.83. The zero-order chi connectivity index (χ0) is 15.2. The second kappa shape index (κ2) is 7.61. The highest BCUT2D eigenvalue weighted by Gasteiger charge is 2.23. The van der Waals surface area contributed by atoms with Gasteiger partial charge in [-0.2, -0.15) is 0 Å². The van der Waals surface area contributed by atoms with Crippen molar-refractivity contribution < 1.29 is 18.7 Å². The SMILES string of the molecule is CCOC(=O)CN1CCCN(C(=O)c2ccc(Br)o2)CC1. The summed E-state index contributed by atoms with van der Waals surface area (Å²) in [6.07, 6.45) is 0.826. The highest BCUT2D eigenvalue weighted by molar-refractivity contribution is 9.10. The Labute approximate surface area is 132 Å². The molecule has 1 amide bonds. The molecule has 0 unspecified atom stereocenters. The first-order valence-electron chi connectivity index (χ1n) is 7.02. The summed E-state index contributed by atoms with van der Waals surface area (Å²) in [6.45, 7) is 5.15. The van der Waals surface area contributed by atoms with Gasteiger partial charge in [0.15, 0.2) is 10.4 Å². The van der Waals surface area contributed by atoms with Crippen LogP contribution in [0.15, 0.2) is 21.2 Å². The summed E-state index contributed by atoms with van der Waals surface area (Å²) in [5.74, 6) is 0.00615. The van der Waals surface area contributed by atoms with Gasteiger partial charge in [0.05, 0.1) is 13.2 Å². The van der Waals surface area contributed by atoms with E-state index in [0.717, 1.165) is 13.0 Å². The Kier molecular flexibility index (Phi) is 5.81. The van der Waals surface area contributed by atoms with Crippen molar-refractivity contribution >= 4 is 27.8 Å². The zero-order valence-corrected chi connectivity index (χ0v) is 13.6. The first kappa shape index (κ1) is 16.0. The van der Waals surface area contributed by atoms with E-state index < -0.39 is 0 Å². The van der Waals surface area contributed by atoms with Gasteiger partial charge in [0.1, 0.15) is 0 Å². The van der Waals surface area contributed by atoms with E-state index in [0.29, 0.717) is 36.7 Å². The minimum absolute atomic E-state index is 0.112. The van der Waals surface area contributed by atoms with Gasteiger partial charge < -0.3 is 14.1 Å². The predicted molar refractivity (Wildman–Crippen MR) is 80.0 cm³/mol. The number of esters is 1. The van der Waals surface area contributed by atoms with Gasteiger partial charge in [-0.25, -0.2) is 0 Å². The molecule has 0 aromatic carbocycles. The molecule has 2 rings (SSSR count). The van der Waals surface area contributed by atoms with Crippen LogP contribution in [0, 0.1) is 0 Å². The molecule has 0 atom stereocenters. The maximum atomic E-state index is 12.3. The van der Waals surface area contributed by atoms with E-state index in [9.17, 15) is 9.59 Å². The Bertz CT molecular complexity index is 503. The molecule has 1 aromatic rings. The van der Waals surface area contributed by atoms with Crippen LogP contribution in [0.4, 0.5) is 0 Å². The number of halogens is 1. The van der Waals surface area contributed by atoms with Crippen molar-refractivity contribution in [2.45, 2.75) is 13.3 Å². The molecule has 1 aromatic heterocycles. The summed E-state index contributed by atoms with van der Waals surface area (Å²) in [5, 5.41) is 0. The molecule has 1 aliphatic heterocycles. The number of rotatable bonds is 4. The lowest BCUT2D eigenvalue weighted by Crippen LogP contribution is -2.37. The van der Waals surface area contributed by atoms with Crippen LogP contribution in [0.2, 0.25) is 0 Å². The fourth-order valence-electron chi connectivity index (χ4n) is 2.31. The van der Waals surface area contributed by atoms with Crippen molar-refractivity contribution in [3.05, 3.63) is 22.6 Å². The lowest BCUT2D eigenvalue weighted by atomic mass is 10.3. The van der Waals surface area contributed by atoms with Crippen LogP contribution >= 0.6 is 15.9 Å². The molecule has 0 bridgehead atoms. The van der Waals surface area contributed by atoms with Crippen molar-refractivity contribution in [3.63, 3.8) is 0 Å². The number of carbonyl (C=O) groups excluding carboxylic acids is 2. The fraction of sp³-hybridized carbons (Fsp3) is 0.571. The number of ether oxygens (including phenoxy) is 1. The molecule has 1 fully saturated rings. The van der Waals surface area contributed by atoms with Crippen LogP contribution in [0.5, 0.6) is 0 Å². The third kappa shape index (κ3) is 4.57. The normalized spacial score (nSPS) is 16.6. The van der Waals surface area contributed by atoms with E-state index in [1.807, 2.05) is 4.90 Å². The molecule has 6 nitrogen and oxygen atoms in total. The summed E-state index contributed by atoms with van der Waals surface area (Å²) in [6, 6.07) is 3.37. The van der Waals surface area contributed by atoms with Crippen LogP contribution in [0.3, 0.4) is 0 Å². The van der Waals surface area contributed by atoms with Crippen LogP contribution in [0.1, 0.15) is 23.9 Å². The zero-order valence-electron chi connectivity index (χ0n) is 12.0. The van der Waals surface area contributed by atoms with Gasteiger partial charge in [0.25, 0.3) is 5.91 Å². The van der Waals surface area contributed by atoms with E-state index in [1.54, 1.807) is 24.0 Å². The van der Waals surface area contributed by atoms with Gasteiger partial charge in [0, 0.05) is 26.2 Å². The van der Waals surface area contributed by atoms with E-state index in [1.165, 1.54) is 0 Å². The molecule has 21 heavy (non-hydrogen) atoms. The van der Waals surface area contributed by atoms with Gasteiger partial charge >= 0.3 is 5.97 Å². The maximum absolute atomic E-state index is 12.3. The van der Waals surface area contributed by atoms with Crippen LogP contribution in [0.25, 0.3) is 0 Å². The Balaban J connectivity index is 1.88. The molecule has 0 radical (unpaired) electrons. The summed E-state index contributed by atoms with van der Waals surface area (Å²) in [4.78, 5) is 27.6. The number of nitrogens with zero attached hydrogens (tertiary/aromatic N) is 2. The topological polar surface area (TPSA) is 63.0 Å². The Morgan fingerprint density at radius 3 is 2.76 bits per heavy atom. The van der Waals surface area contributed by atoms with Gasteiger partial charge in [0.2, 0.25) is 0 Å². The molecule has 1 saturated heterocycles. The second-order valence-corrected chi connectivity index (χ2v) is 5.61. The van der Waals surface area contributed by atoms with E-state index in [-0.39, 0.29) is 18.4 Å². The molecule has 2 heterocycles. The summed E-state index contributed by atoms with van der Waals surface area (Å²) in [5.41, 5.74) is 0. The molecule has 116 valence electrons. The van der Waals surface area contributed by atoms with Gasteiger partial charge in [-0.05, 0) is 41.4 Å². The standard InChI is InChI=1S/C14H19BrN2O4/c1-2-20-13(18)10-16-6-3-7-17(9-8-16)14(19)11-4-5-12(15)21-11/h4-5H,2-3,6-10H2,1H3. The fourth-order valence-corrected chi connectivity index (χ4v) is 2.61. The highest BCUT2D eigenvalue weighted by Crippen LogP contribution is 2.16. The lowest BCUT2D eigenvalue weighted by Gasteiger charge is -2.20. The number of hydrogen-bond donors (Lipinski definition) is 0. The third-order valence-electron chi connectivity index (χ3n) is 3.32. The maximum Gasteiger partial charge on any atom is 0.320 e. The van der Waals surface area contributed by atoms with Crippen molar-refractivity contribution in [2.75, 3.05) is 39.3 Å². The molecule has 0 spiro atoms. The summed E-state index contributed by atoms with van der Waals surface area (Å²) < 4.78 is 10.8. The minimum atomic E-state index is -0.216. The number of carbonyl (C=O) groups is 2. The van der Waals surface area contributed by atoms with Gasteiger partial charge in [-0.3, -0.25) is 14.5 Å². The average molecular weight is 359 g/mol. The Hall–Kier alpha value is -1.34. The van der Waals surface area contributed by atoms with Crippen LogP contribution < -0.4 is 0 Å². The summed E-state index contributed by atoms with van der Waals surface area (Å²) in [7, 11) is 0. The third-order valence-corrected chi connectivity index (χ3v) is 3.74. The van der Waals surface area contributed by atoms with Crippen molar-refractivity contribution in [3.8, 4) is 0 Å². The van der Waals surface area contributed by atoms with Crippen LogP contribution in [-0.2, 0) is 9.53 Å². The van der Waals surface area contributed by atoms with E-state index in [4.69, 9.17) is 9.15 Å². The highest BCUT2D eigenvalue weighted by atomic mass is 79.9. The molecule has 0 N–H and O–H groups in total. The molecule has 7 heteroatoms. The smallest absolute Gasteiger partial charge is 0.320 e. The van der Waals surface area contributed by atoms with E-state index >= 15 is 0 Å². The largest absolute Gasteiger partial charge is 0.465 e. The van der Waals surface area contributed by atoms with Crippen molar-refractivity contribution in [2.24, 2.45) is 0 Å². The van der Waals surface area contributed by atoms with Gasteiger partial charge in [-0.1, -0.05) is 0 Å². The quantitative estimate of drug-likeness (QED) is 0.767.